The summed E-state index contributed by atoms with van der Waals surface area (Å²) in [6, 6.07) is 8.50. The zero-order valence-electron chi connectivity index (χ0n) is 11.6. The second-order valence-corrected chi connectivity index (χ2v) is 5.40. The minimum atomic E-state index is 0.141. The fraction of sp³-hybridized carbons (Fsp3) is 0.400. The predicted molar refractivity (Wildman–Crippen MR) is 81.4 cm³/mol. The molecule has 19 heavy (non-hydrogen) atoms. The van der Waals surface area contributed by atoms with Crippen LogP contribution in [0, 0.1) is 0 Å². The van der Waals surface area contributed by atoms with Crippen molar-refractivity contribution in [3.63, 3.8) is 0 Å². The van der Waals surface area contributed by atoms with E-state index >= 15 is 0 Å². The van der Waals surface area contributed by atoms with Gasteiger partial charge < -0.3 is 10.2 Å². The minimum Gasteiger partial charge on any atom is -0.364 e. The SMILES string of the molecule is CC(NC1=NCN(C(C)C)C=C1)c1ccccc1Cl. The van der Waals surface area contributed by atoms with Gasteiger partial charge in [0, 0.05) is 17.3 Å². The minimum absolute atomic E-state index is 0.141. The molecule has 1 heterocycles. The van der Waals surface area contributed by atoms with Crippen molar-refractivity contribution in [1.82, 2.24) is 10.2 Å². The second kappa shape index (κ2) is 6.11. The first-order valence-corrected chi connectivity index (χ1v) is 6.95. The van der Waals surface area contributed by atoms with Crippen LogP contribution < -0.4 is 5.32 Å². The topological polar surface area (TPSA) is 27.6 Å². The summed E-state index contributed by atoms with van der Waals surface area (Å²) in [7, 11) is 0. The van der Waals surface area contributed by atoms with E-state index in [1.807, 2.05) is 30.3 Å². The molecular weight excluding hydrogens is 258 g/mol. The summed E-state index contributed by atoms with van der Waals surface area (Å²) in [6.07, 6.45) is 4.09. The maximum Gasteiger partial charge on any atom is 0.124 e. The van der Waals surface area contributed by atoms with Crippen LogP contribution in [0.3, 0.4) is 0 Å². The Morgan fingerprint density at radius 2 is 2.00 bits per heavy atom. The third-order valence-electron chi connectivity index (χ3n) is 3.23. The summed E-state index contributed by atoms with van der Waals surface area (Å²) in [5, 5.41) is 4.17. The van der Waals surface area contributed by atoms with Crippen molar-refractivity contribution in [3.05, 3.63) is 47.1 Å². The first-order chi connectivity index (χ1) is 9.08. The Labute approximate surface area is 120 Å². The van der Waals surface area contributed by atoms with Crippen LogP contribution >= 0.6 is 11.6 Å². The molecule has 2 rings (SSSR count). The van der Waals surface area contributed by atoms with Gasteiger partial charge in [-0.1, -0.05) is 29.8 Å². The molecule has 0 fully saturated rings. The molecule has 3 nitrogen and oxygen atoms in total. The maximum atomic E-state index is 6.20. The molecule has 1 aliphatic heterocycles. The Morgan fingerprint density at radius 3 is 2.58 bits per heavy atom. The van der Waals surface area contributed by atoms with Gasteiger partial charge in [-0.05, 0) is 38.5 Å². The van der Waals surface area contributed by atoms with Gasteiger partial charge in [0.1, 0.15) is 12.5 Å². The Morgan fingerprint density at radius 1 is 1.26 bits per heavy atom. The number of halogens is 1. The van der Waals surface area contributed by atoms with E-state index in [0.717, 1.165) is 16.4 Å². The third-order valence-corrected chi connectivity index (χ3v) is 3.57. The highest BCUT2D eigenvalue weighted by Gasteiger charge is 2.13. The Balaban J connectivity index is 2.00. The molecule has 0 bridgehead atoms. The molecule has 1 aromatic rings. The van der Waals surface area contributed by atoms with Crippen molar-refractivity contribution in [2.24, 2.45) is 4.99 Å². The van der Waals surface area contributed by atoms with E-state index in [1.54, 1.807) is 0 Å². The number of benzene rings is 1. The molecule has 0 saturated carbocycles. The van der Waals surface area contributed by atoms with Crippen molar-refractivity contribution >= 4 is 17.4 Å². The smallest absolute Gasteiger partial charge is 0.124 e. The summed E-state index contributed by atoms with van der Waals surface area (Å²) in [6.45, 7) is 7.10. The number of aliphatic imine (C=N–C) groups is 1. The van der Waals surface area contributed by atoms with Crippen LogP contribution in [0.15, 0.2) is 41.5 Å². The predicted octanol–water partition coefficient (Wildman–Crippen LogP) is 3.58. The zero-order chi connectivity index (χ0) is 13.8. The van der Waals surface area contributed by atoms with Gasteiger partial charge in [0.15, 0.2) is 0 Å². The van der Waals surface area contributed by atoms with Crippen LogP contribution in [-0.4, -0.2) is 23.4 Å². The average Bonchev–Trinajstić information content (AvgIpc) is 2.39. The lowest BCUT2D eigenvalue weighted by molar-refractivity contribution is 0.317. The molecule has 1 aliphatic rings. The van der Waals surface area contributed by atoms with Crippen molar-refractivity contribution in [1.29, 1.82) is 0 Å². The highest BCUT2D eigenvalue weighted by atomic mass is 35.5. The highest BCUT2D eigenvalue weighted by Crippen LogP contribution is 2.22. The molecule has 1 atom stereocenters. The number of hydrogen-bond acceptors (Lipinski definition) is 3. The lowest BCUT2D eigenvalue weighted by Crippen LogP contribution is -2.33. The summed E-state index contributed by atoms with van der Waals surface area (Å²) in [4.78, 5) is 6.71. The largest absolute Gasteiger partial charge is 0.364 e. The molecule has 102 valence electrons. The van der Waals surface area contributed by atoms with E-state index in [1.165, 1.54) is 0 Å². The van der Waals surface area contributed by atoms with Gasteiger partial charge in [0.25, 0.3) is 0 Å². The van der Waals surface area contributed by atoms with E-state index in [-0.39, 0.29) is 6.04 Å². The first kappa shape index (κ1) is 13.9. The van der Waals surface area contributed by atoms with Gasteiger partial charge >= 0.3 is 0 Å². The van der Waals surface area contributed by atoms with E-state index in [0.29, 0.717) is 12.7 Å². The molecule has 1 N–H and O–H groups in total. The number of rotatable bonds is 3. The first-order valence-electron chi connectivity index (χ1n) is 6.57. The van der Waals surface area contributed by atoms with Gasteiger partial charge in [0.2, 0.25) is 0 Å². The molecule has 0 saturated heterocycles. The summed E-state index contributed by atoms with van der Waals surface area (Å²) < 4.78 is 0. The molecule has 0 spiro atoms. The zero-order valence-corrected chi connectivity index (χ0v) is 12.4. The second-order valence-electron chi connectivity index (χ2n) is 5.00. The summed E-state index contributed by atoms with van der Waals surface area (Å²) >= 11 is 6.20. The summed E-state index contributed by atoms with van der Waals surface area (Å²) in [5.41, 5.74) is 1.09. The van der Waals surface area contributed by atoms with Gasteiger partial charge in [-0.3, -0.25) is 0 Å². The standard InChI is InChI=1S/C15H20ClN3/c1-11(2)19-9-8-15(17-10-19)18-12(3)13-6-4-5-7-14(13)16/h4-9,11-12H,10H2,1-3H3,(H,17,18). The Bertz CT molecular complexity index is 494. The van der Waals surface area contributed by atoms with Crippen molar-refractivity contribution in [2.75, 3.05) is 6.67 Å². The lowest BCUT2D eigenvalue weighted by atomic mass is 10.1. The summed E-state index contributed by atoms with van der Waals surface area (Å²) in [5.74, 6) is 0.907. The van der Waals surface area contributed by atoms with Crippen LogP contribution in [0.5, 0.6) is 0 Å². The molecule has 4 heteroatoms. The molecule has 0 radical (unpaired) electrons. The fourth-order valence-corrected chi connectivity index (χ4v) is 2.28. The monoisotopic (exact) mass is 277 g/mol. The van der Waals surface area contributed by atoms with Crippen LogP contribution in [0.4, 0.5) is 0 Å². The molecule has 1 aromatic carbocycles. The van der Waals surface area contributed by atoms with Crippen LogP contribution in [-0.2, 0) is 0 Å². The quantitative estimate of drug-likeness (QED) is 0.914. The van der Waals surface area contributed by atoms with Gasteiger partial charge in [-0.15, -0.1) is 0 Å². The molecular formula is C15H20ClN3. The maximum absolute atomic E-state index is 6.20. The average molecular weight is 278 g/mol. The molecule has 0 aromatic heterocycles. The number of hydrogen-bond donors (Lipinski definition) is 1. The molecule has 0 aliphatic carbocycles. The van der Waals surface area contributed by atoms with E-state index < -0.39 is 0 Å². The van der Waals surface area contributed by atoms with E-state index in [9.17, 15) is 0 Å². The Kier molecular flexibility index (Phi) is 4.48. The normalized spacial score (nSPS) is 16.5. The van der Waals surface area contributed by atoms with E-state index in [2.05, 4.69) is 42.2 Å². The van der Waals surface area contributed by atoms with Gasteiger partial charge in [0.05, 0.1) is 6.04 Å². The third kappa shape index (κ3) is 3.51. The van der Waals surface area contributed by atoms with Gasteiger partial charge in [-0.25, -0.2) is 4.99 Å². The molecule has 0 amide bonds. The van der Waals surface area contributed by atoms with Crippen molar-refractivity contribution in [2.45, 2.75) is 32.9 Å². The fourth-order valence-electron chi connectivity index (χ4n) is 1.98. The van der Waals surface area contributed by atoms with Crippen molar-refractivity contribution in [3.8, 4) is 0 Å². The number of nitrogens with zero attached hydrogens (tertiary/aromatic N) is 2. The molecule has 1 unspecified atom stereocenters. The number of nitrogens with one attached hydrogen (secondary N) is 1. The van der Waals surface area contributed by atoms with Crippen LogP contribution in [0.1, 0.15) is 32.4 Å². The number of amidine groups is 1. The van der Waals surface area contributed by atoms with E-state index in [4.69, 9.17) is 11.6 Å². The highest BCUT2D eigenvalue weighted by molar-refractivity contribution is 6.31. The van der Waals surface area contributed by atoms with Crippen molar-refractivity contribution < 1.29 is 0 Å². The van der Waals surface area contributed by atoms with Crippen LogP contribution in [0.25, 0.3) is 0 Å². The van der Waals surface area contributed by atoms with Crippen LogP contribution in [0.2, 0.25) is 5.02 Å². The van der Waals surface area contributed by atoms with Gasteiger partial charge in [-0.2, -0.15) is 0 Å². The Hall–Kier alpha value is -1.48. The lowest BCUT2D eigenvalue weighted by Gasteiger charge is -2.27.